The summed E-state index contributed by atoms with van der Waals surface area (Å²) in [7, 11) is 1.48. The van der Waals surface area contributed by atoms with E-state index < -0.39 is 11.9 Å². The largest absolute Gasteiger partial charge is 0.496 e. The van der Waals surface area contributed by atoms with Crippen molar-refractivity contribution >= 4 is 17.6 Å². The molecular formula is C18H19NO4. The summed E-state index contributed by atoms with van der Waals surface area (Å²) in [6.07, 6.45) is 0. The van der Waals surface area contributed by atoms with Crippen LogP contribution in [-0.4, -0.2) is 25.6 Å². The first kappa shape index (κ1) is 16.5. The van der Waals surface area contributed by atoms with E-state index in [-0.39, 0.29) is 6.61 Å². The Kier molecular flexibility index (Phi) is 5.36. The molecular weight excluding hydrogens is 294 g/mol. The molecule has 2 aromatic rings. The van der Waals surface area contributed by atoms with Crippen molar-refractivity contribution in [3.63, 3.8) is 0 Å². The Balaban J connectivity index is 1.96. The van der Waals surface area contributed by atoms with Crippen molar-refractivity contribution in [2.24, 2.45) is 0 Å². The van der Waals surface area contributed by atoms with Crippen LogP contribution in [0, 0.1) is 13.8 Å². The van der Waals surface area contributed by atoms with Gasteiger partial charge in [0.1, 0.15) is 11.3 Å². The number of anilines is 1. The maximum Gasteiger partial charge on any atom is 0.342 e. The zero-order valence-electron chi connectivity index (χ0n) is 13.4. The molecule has 0 aliphatic rings. The van der Waals surface area contributed by atoms with Crippen LogP contribution >= 0.6 is 0 Å². The molecule has 0 bridgehead atoms. The number of rotatable bonds is 5. The predicted octanol–water partition coefficient (Wildman–Crippen LogP) is 3.11. The van der Waals surface area contributed by atoms with Gasteiger partial charge in [-0.2, -0.15) is 0 Å². The van der Waals surface area contributed by atoms with E-state index in [0.29, 0.717) is 17.0 Å². The number of carbonyl (C=O) groups excluding carboxylic acids is 2. The number of ether oxygens (including phenoxy) is 2. The quantitative estimate of drug-likeness (QED) is 0.861. The highest BCUT2D eigenvalue weighted by atomic mass is 16.5. The molecule has 2 rings (SSSR count). The number of methoxy groups -OCH3 is 1. The number of esters is 1. The van der Waals surface area contributed by atoms with Crippen LogP contribution in [0.25, 0.3) is 0 Å². The van der Waals surface area contributed by atoms with E-state index in [1.807, 2.05) is 38.1 Å². The zero-order valence-corrected chi connectivity index (χ0v) is 13.4. The molecule has 0 spiro atoms. The normalized spacial score (nSPS) is 10.0. The highest BCUT2D eigenvalue weighted by Gasteiger charge is 2.15. The minimum Gasteiger partial charge on any atom is -0.496 e. The van der Waals surface area contributed by atoms with Gasteiger partial charge in [-0.3, -0.25) is 4.79 Å². The predicted molar refractivity (Wildman–Crippen MR) is 87.8 cm³/mol. The third-order valence-corrected chi connectivity index (χ3v) is 3.21. The second kappa shape index (κ2) is 7.45. The van der Waals surface area contributed by atoms with Crippen molar-refractivity contribution in [2.45, 2.75) is 13.8 Å². The van der Waals surface area contributed by atoms with Crippen LogP contribution in [-0.2, 0) is 9.53 Å². The molecule has 0 saturated carbocycles. The number of aryl methyl sites for hydroxylation is 2. The van der Waals surface area contributed by atoms with Crippen molar-refractivity contribution < 1.29 is 19.1 Å². The van der Waals surface area contributed by atoms with E-state index in [1.54, 1.807) is 18.2 Å². The average molecular weight is 313 g/mol. The van der Waals surface area contributed by atoms with Gasteiger partial charge >= 0.3 is 5.97 Å². The molecule has 0 heterocycles. The summed E-state index contributed by atoms with van der Waals surface area (Å²) in [5.74, 6) is -0.569. The summed E-state index contributed by atoms with van der Waals surface area (Å²) in [6, 6.07) is 12.6. The third kappa shape index (κ3) is 4.57. The van der Waals surface area contributed by atoms with Crippen molar-refractivity contribution in [3.05, 3.63) is 59.2 Å². The number of benzene rings is 2. The first-order valence-corrected chi connectivity index (χ1v) is 7.18. The van der Waals surface area contributed by atoms with Crippen LogP contribution in [0.2, 0.25) is 0 Å². The van der Waals surface area contributed by atoms with Gasteiger partial charge in [-0.05, 0) is 43.7 Å². The zero-order chi connectivity index (χ0) is 16.8. The summed E-state index contributed by atoms with van der Waals surface area (Å²) in [6.45, 7) is 3.43. The molecule has 5 heteroatoms. The number of carbonyl (C=O) groups is 2. The molecule has 0 fully saturated rings. The molecule has 0 aromatic heterocycles. The van der Waals surface area contributed by atoms with Crippen molar-refractivity contribution in [1.82, 2.24) is 0 Å². The lowest BCUT2D eigenvalue weighted by Crippen LogP contribution is -2.21. The van der Waals surface area contributed by atoms with Crippen LogP contribution in [0.1, 0.15) is 21.5 Å². The summed E-state index contributed by atoms with van der Waals surface area (Å²) in [4.78, 5) is 24.0. The highest BCUT2D eigenvalue weighted by molar-refractivity contribution is 5.96. The maximum absolute atomic E-state index is 12.1. The van der Waals surface area contributed by atoms with Crippen LogP contribution in [0.3, 0.4) is 0 Å². The molecule has 120 valence electrons. The fourth-order valence-corrected chi connectivity index (χ4v) is 2.11. The third-order valence-electron chi connectivity index (χ3n) is 3.21. The van der Waals surface area contributed by atoms with E-state index in [0.717, 1.165) is 11.1 Å². The van der Waals surface area contributed by atoms with Gasteiger partial charge in [-0.25, -0.2) is 4.79 Å². The molecule has 0 atom stereocenters. The summed E-state index contributed by atoms with van der Waals surface area (Å²) in [5, 5.41) is 2.68. The second-order valence-corrected chi connectivity index (χ2v) is 5.20. The molecule has 0 aliphatic carbocycles. The molecule has 0 aliphatic heterocycles. The standard InChI is InChI=1S/C18H19NO4/c1-12-5-4-6-14(9-12)19-17(20)11-23-18(21)15-10-13(2)7-8-16(15)22-3/h4-10H,11H2,1-3H3,(H,19,20). The monoisotopic (exact) mass is 313 g/mol. The first-order chi connectivity index (χ1) is 11.0. The van der Waals surface area contributed by atoms with E-state index in [2.05, 4.69) is 5.32 Å². The Morgan fingerprint density at radius 1 is 1.04 bits per heavy atom. The molecule has 0 saturated heterocycles. The molecule has 1 amide bonds. The van der Waals surface area contributed by atoms with Crippen LogP contribution in [0.15, 0.2) is 42.5 Å². The van der Waals surface area contributed by atoms with E-state index >= 15 is 0 Å². The molecule has 23 heavy (non-hydrogen) atoms. The van der Waals surface area contributed by atoms with Gasteiger partial charge < -0.3 is 14.8 Å². The van der Waals surface area contributed by atoms with Crippen molar-refractivity contribution in [3.8, 4) is 5.75 Å². The topological polar surface area (TPSA) is 64.6 Å². The van der Waals surface area contributed by atoms with E-state index in [4.69, 9.17) is 9.47 Å². The SMILES string of the molecule is COc1ccc(C)cc1C(=O)OCC(=O)Nc1cccc(C)c1. The smallest absolute Gasteiger partial charge is 0.342 e. The average Bonchev–Trinajstić information content (AvgIpc) is 2.52. The highest BCUT2D eigenvalue weighted by Crippen LogP contribution is 2.20. The Morgan fingerprint density at radius 3 is 2.48 bits per heavy atom. The number of nitrogens with one attached hydrogen (secondary N) is 1. The van der Waals surface area contributed by atoms with Crippen LogP contribution < -0.4 is 10.1 Å². The Morgan fingerprint density at radius 2 is 1.78 bits per heavy atom. The fraction of sp³-hybridized carbons (Fsp3) is 0.222. The van der Waals surface area contributed by atoms with Crippen LogP contribution in [0.5, 0.6) is 5.75 Å². The fourth-order valence-electron chi connectivity index (χ4n) is 2.11. The van der Waals surface area contributed by atoms with Crippen LogP contribution in [0.4, 0.5) is 5.69 Å². The summed E-state index contributed by atoms with van der Waals surface area (Å²) in [5.41, 5.74) is 2.90. The Bertz CT molecular complexity index is 725. The lowest BCUT2D eigenvalue weighted by molar-refractivity contribution is -0.119. The van der Waals surface area contributed by atoms with E-state index in [1.165, 1.54) is 7.11 Å². The molecule has 0 unspecified atom stereocenters. The minimum absolute atomic E-state index is 0.302. The Hall–Kier alpha value is -2.82. The lowest BCUT2D eigenvalue weighted by Gasteiger charge is -2.10. The van der Waals surface area contributed by atoms with Crippen molar-refractivity contribution in [2.75, 3.05) is 19.0 Å². The van der Waals surface area contributed by atoms with Gasteiger partial charge in [0.15, 0.2) is 6.61 Å². The minimum atomic E-state index is -0.593. The molecule has 5 nitrogen and oxygen atoms in total. The van der Waals surface area contributed by atoms with E-state index in [9.17, 15) is 9.59 Å². The summed E-state index contributed by atoms with van der Waals surface area (Å²) < 4.78 is 10.2. The lowest BCUT2D eigenvalue weighted by atomic mass is 10.1. The number of hydrogen-bond donors (Lipinski definition) is 1. The van der Waals surface area contributed by atoms with Gasteiger partial charge in [-0.1, -0.05) is 23.8 Å². The van der Waals surface area contributed by atoms with Gasteiger partial charge in [0, 0.05) is 5.69 Å². The van der Waals surface area contributed by atoms with Gasteiger partial charge in [-0.15, -0.1) is 0 Å². The van der Waals surface area contributed by atoms with Gasteiger partial charge in [0.05, 0.1) is 7.11 Å². The molecule has 2 aromatic carbocycles. The van der Waals surface area contributed by atoms with Gasteiger partial charge in [0.25, 0.3) is 5.91 Å². The number of amides is 1. The second-order valence-electron chi connectivity index (χ2n) is 5.20. The first-order valence-electron chi connectivity index (χ1n) is 7.18. The van der Waals surface area contributed by atoms with Crippen molar-refractivity contribution in [1.29, 1.82) is 0 Å². The maximum atomic E-state index is 12.1. The summed E-state index contributed by atoms with van der Waals surface area (Å²) >= 11 is 0. The number of hydrogen-bond acceptors (Lipinski definition) is 4. The molecule has 1 N–H and O–H groups in total. The Labute approximate surface area is 135 Å². The molecule has 0 radical (unpaired) electrons. The van der Waals surface area contributed by atoms with Gasteiger partial charge in [0.2, 0.25) is 0 Å².